The quantitative estimate of drug-likeness (QED) is 0.0129. The molecule has 0 bridgehead atoms. The topological polar surface area (TPSA) is 613 Å². The molecule has 0 aliphatic heterocycles. The lowest BCUT2D eigenvalue weighted by Crippen LogP contribution is -2.63. The second-order valence-electron chi connectivity index (χ2n) is 28.7. The monoisotopic (exact) mass is 1670 g/mol. The van der Waals surface area contributed by atoms with Crippen molar-refractivity contribution in [3.63, 3.8) is 0 Å². The molecule has 0 unspecified atom stereocenters. The first-order chi connectivity index (χ1) is 55.5. The summed E-state index contributed by atoms with van der Waals surface area (Å²) in [4.78, 5) is 213. The first kappa shape index (κ1) is 96.5. The number of nitrogens with two attached hydrogens (primary N) is 4. The first-order valence-corrected chi connectivity index (χ1v) is 39.3. The number of thiol groups is 2. The third kappa shape index (κ3) is 31.5. The zero-order valence-corrected chi connectivity index (χ0v) is 67.4. The van der Waals surface area contributed by atoms with Crippen molar-refractivity contribution >= 4 is 125 Å². The predicted octanol–water partition coefficient (Wildman–Crippen LogP) is -4.67. The average molecular weight is 1670 g/mol. The molecule has 1 aromatic heterocycles. The van der Waals surface area contributed by atoms with Crippen LogP contribution in [0.4, 0.5) is 0 Å². The maximum atomic E-state index is 15.4. The third-order valence-corrected chi connectivity index (χ3v) is 19.4. The minimum atomic E-state index is -1.91. The van der Waals surface area contributed by atoms with E-state index in [1.165, 1.54) is 20.8 Å². The number of hydrogen-bond acceptors (Lipinski definition) is 23. The number of aliphatic hydroxyl groups is 3. The molecule has 5 aromatic rings. The molecule has 0 saturated heterocycles. The molecule has 14 amide bonds. The summed E-state index contributed by atoms with van der Waals surface area (Å²) >= 11 is 8.15. The van der Waals surface area contributed by atoms with E-state index in [1.54, 1.807) is 121 Å². The number of carboxylic acid groups (broad SMARTS) is 1. The average Bonchev–Trinajstić information content (AvgIpc) is 1.75. The molecule has 1 heterocycles. The summed E-state index contributed by atoms with van der Waals surface area (Å²) in [5.74, 6) is -16.4. The minimum absolute atomic E-state index is 0.0856. The number of rotatable bonds is 50. The van der Waals surface area contributed by atoms with Crippen LogP contribution >= 0.6 is 25.3 Å². The zero-order valence-electron chi connectivity index (χ0n) is 65.6. The summed E-state index contributed by atoms with van der Waals surface area (Å²) in [6.45, 7) is 5.65. The van der Waals surface area contributed by atoms with Crippen molar-refractivity contribution in [2.45, 2.75) is 202 Å². The van der Waals surface area contributed by atoms with Crippen molar-refractivity contribution in [3.05, 3.63) is 144 Å². The molecule has 0 aliphatic carbocycles. The molecule has 39 heteroatoms. The van der Waals surface area contributed by atoms with E-state index >= 15 is 14.4 Å². The number of unbranched alkanes of at least 4 members (excludes halogenated alkanes) is 2. The van der Waals surface area contributed by atoms with Crippen molar-refractivity contribution in [2.75, 3.05) is 31.2 Å². The number of benzene rings is 4. The minimum Gasteiger partial charge on any atom is -0.480 e. The second-order valence-corrected chi connectivity index (χ2v) is 29.4. The normalized spacial score (nSPS) is 15.2. The van der Waals surface area contributed by atoms with Gasteiger partial charge in [0.05, 0.1) is 31.3 Å². The van der Waals surface area contributed by atoms with Crippen molar-refractivity contribution in [1.82, 2.24) is 74.1 Å². The molecule has 26 N–H and O–H groups in total. The van der Waals surface area contributed by atoms with E-state index in [4.69, 9.17) is 22.9 Å². The van der Waals surface area contributed by atoms with Gasteiger partial charge in [-0.3, -0.25) is 67.1 Å². The molecular weight excluding hydrogens is 1560 g/mol. The maximum Gasteiger partial charge on any atom is 0.327 e. The molecule has 4 aromatic carbocycles. The Morgan fingerprint density at radius 1 is 0.419 bits per heavy atom. The second kappa shape index (κ2) is 48.5. The number of carboxylic acids is 1. The van der Waals surface area contributed by atoms with Gasteiger partial charge in [-0.05, 0) is 115 Å². The summed E-state index contributed by atoms with van der Waals surface area (Å²) in [6.07, 6.45) is -3.03. The molecule has 638 valence electrons. The highest BCUT2D eigenvalue weighted by Gasteiger charge is 2.40. The van der Waals surface area contributed by atoms with Crippen LogP contribution in [0.15, 0.2) is 121 Å². The van der Waals surface area contributed by atoms with Gasteiger partial charge in [-0.1, -0.05) is 109 Å². The van der Waals surface area contributed by atoms with Gasteiger partial charge in [0.15, 0.2) is 0 Å². The van der Waals surface area contributed by atoms with E-state index in [0.717, 1.165) is 13.8 Å². The van der Waals surface area contributed by atoms with Crippen LogP contribution in [0.2, 0.25) is 0 Å². The number of nitrogens with one attached hydrogen (secondary N) is 14. The van der Waals surface area contributed by atoms with Gasteiger partial charge in [0.1, 0.15) is 78.0 Å². The number of hydrogen-bond donors (Lipinski definition) is 24. The Kier molecular flexibility index (Phi) is 40.0. The number of fused-ring (bicyclic) bond motifs is 1. The summed E-state index contributed by atoms with van der Waals surface area (Å²) < 4.78 is 0. The number of aliphatic hydroxyl groups excluding tert-OH is 3. The van der Waals surface area contributed by atoms with Gasteiger partial charge in [0, 0.05) is 54.3 Å². The number of aromatic nitrogens is 1. The molecule has 15 atom stereocenters. The number of carbonyl (C=O) groups excluding carboxylic acids is 14. The molecule has 0 fully saturated rings. The highest BCUT2D eigenvalue weighted by Crippen LogP contribution is 2.21. The van der Waals surface area contributed by atoms with Crippen LogP contribution in [0.25, 0.3) is 10.9 Å². The molecule has 0 radical (unpaired) electrons. The van der Waals surface area contributed by atoms with Crippen LogP contribution in [-0.2, 0) is 97.6 Å². The molecular formula is C78H110N18O19S2. The lowest BCUT2D eigenvalue weighted by molar-refractivity contribution is -0.142. The largest absolute Gasteiger partial charge is 0.480 e. The Morgan fingerprint density at radius 2 is 0.761 bits per heavy atom. The van der Waals surface area contributed by atoms with Crippen LogP contribution in [0.3, 0.4) is 0 Å². The van der Waals surface area contributed by atoms with Gasteiger partial charge in [0.25, 0.3) is 0 Å². The number of para-hydroxylation sites is 1. The van der Waals surface area contributed by atoms with Crippen LogP contribution in [0.1, 0.15) is 102 Å². The van der Waals surface area contributed by atoms with Gasteiger partial charge < -0.3 is 117 Å². The van der Waals surface area contributed by atoms with E-state index in [9.17, 15) is 78.0 Å². The first-order valence-electron chi connectivity index (χ1n) is 38.0. The van der Waals surface area contributed by atoms with Crippen molar-refractivity contribution in [2.24, 2.45) is 22.9 Å². The van der Waals surface area contributed by atoms with Crippen molar-refractivity contribution in [1.29, 1.82) is 0 Å². The number of aromatic amines is 1. The van der Waals surface area contributed by atoms with Crippen LogP contribution in [-0.4, -0.2) is 242 Å². The van der Waals surface area contributed by atoms with E-state index in [1.807, 2.05) is 0 Å². The Morgan fingerprint density at radius 3 is 1.16 bits per heavy atom. The molecule has 0 aliphatic rings. The summed E-state index contributed by atoms with van der Waals surface area (Å²) in [5.41, 5.74) is 24.0. The SMILES string of the molecule is C[C@H](N)C(=O)NC(C)(C)C(=O)N[C@@H](CS)C(=O)N[C@@H](CCCCN)C(=O)N[C@@H](CC(N)=O)C(=O)N[C@@H](Cc1ccccc1)C(=O)N[C@@H](Cc1ccccc1)C(=O)N[C@H](Cc1c[nH]c2ccccc12)C(=O)N[C@@H](CCCCN)C(=O)N[C@H](C(=O)N[C@@H](Cc1ccccc1)C(=O)N[C@H](C(=O)N[C@@H](CO)C(=O)N[C@@H](CS)C(=O)O)[C@@H](C)O)[C@@H](C)O. The van der Waals surface area contributed by atoms with E-state index < -0.39 is 198 Å². The highest BCUT2D eigenvalue weighted by molar-refractivity contribution is 7.80. The van der Waals surface area contributed by atoms with Gasteiger partial charge in [0.2, 0.25) is 82.7 Å². The fourth-order valence-electron chi connectivity index (χ4n) is 12.0. The third-order valence-electron chi connectivity index (χ3n) is 18.6. The number of aliphatic carboxylic acids is 1. The van der Waals surface area contributed by atoms with Crippen LogP contribution in [0.5, 0.6) is 0 Å². The Bertz CT molecular complexity index is 4180. The molecule has 117 heavy (non-hydrogen) atoms. The van der Waals surface area contributed by atoms with Gasteiger partial charge in [-0.2, -0.15) is 25.3 Å². The van der Waals surface area contributed by atoms with E-state index in [0.29, 0.717) is 46.0 Å². The molecule has 37 nitrogen and oxygen atoms in total. The summed E-state index contributed by atoms with van der Waals surface area (Å²) in [6, 6.07) is 10.8. The Hall–Kier alpha value is -11.1. The fraction of sp³-hybridized carbons (Fsp3) is 0.474. The van der Waals surface area contributed by atoms with E-state index in [2.05, 4.69) is 99.4 Å². The highest BCUT2D eigenvalue weighted by atomic mass is 32.1. The predicted molar refractivity (Wildman–Crippen MR) is 437 cm³/mol. The molecule has 0 spiro atoms. The molecule has 5 rings (SSSR count). The Balaban J connectivity index is 1.48. The molecule has 0 saturated carbocycles. The van der Waals surface area contributed by atoms with Crippen LogP contribution < -0.4 is 92.1 Å². The lowest BCUT2D eigenvalue weighted by atomic mass is 10.00. The van der Waals surface area contributed by atoms with Gasteiger partial charge in [-0.15, -0.1) is 0 Å². The summed E-state index contributed by atoms with van der Waals surface area (Å²) in [7, 11) is 0. The van der Waals surface area contributed by atoms with Gasteiger partial charge in [-0.25, -0.2) is 4.79 Å². The Labute approximate surface area is 687 Å². The van der Waals surface area contributed by atoms with E-state index in [-0.39, 0.29) is 76.0 Å². The number of amides is 14. The van der Waals surface area contributed by atoms with Crippen molar-refractivity contribution in [3.8, 4) is 0 Å². The smallest absolute Gasteiger partial charge is 0.327 e. The summed E-state index contributed by atoms with van der Waals surface area (Å²) in [5, 5.41) is 74.7. The van der Waals surface area contributed by atoms with Gasteiger partial charge >= 0.3 is 5.97 Å². The zero-order chi connectivity index (χ0) is 86.6. The number of H-pyrrole nitrogens is 1. The van der Waals surface area contributed by atoms with Crippen LogP contribution in [0, 0.1) is 0 Å². The number of primary amides is 1. The maximum absolute atomic E-state index is 15.4. The lowest BCUT2D eigenvalue weighted by Gasteiger charge is -2.29. The van der Waals surface area contributed by atoms with Crippen molar-refractivity contribution < 1.29 is 92.3 Å². The number of carbonyl (C=O) groups is 15. The standard InChI is InChI=1S/C78H110N18O19S2/c1-42(81)64(101)96-78(4,5)77(115)93-59(40-116)73(110)85-51(29-17-19-31-79)65(102)89-57(37-61(82)100)70(107)87-53(33-45-21-9-6-10-22-45)67(104)86-54(34-46-23-11-7-12-24-46)68(105)88-56(36-48-38-83-50-28-16-15-27-49(48)50)69(106)84-52(30-18-20-32-80)66(103)94-62(43(2)98)74(111)90-55(35-47-25-13-8-14-26-47)71(108)95-63(44(3)99)75(112)91-58(39-97)72(109)92-60(41-117)76(113)114/h6-16,21-28,38,42-44,51-60,62-63,83,97-99,116-117H,17-20,29-37,39-41,79-81H2,1-5H3,(H2,82,100)(H,84,106)(H,85,110)(H,86,104)(H,87,107)(H,88,105)(H,89,102)(H,90,111)(H,91,112)(H,92,109)(H,93,115)(H,94,103)(H,95,108)(H,96,101)(H,113,114)/t42-,43+,44+,51-,52-,53-,54-,55-,56+,57-,58-,59-,60-,62-,63-/m0/s1. The fourth-order valence-corrected chi connectivity index (χ4v) is 12.5.